The maximum atomic E-state index is 13.1. The molecule has 2 aromatic rings. The molecule has 1 amide bonds. The van der Waals surface area contributed by atoms with Crippen molar-refractivity contribution in [3.63, 3.8) is 0 Å². The molecule has 1 saturated heterocycles. The summed E-state index contributed by atoms with van der Waals surface area (Å²) in [4.78, 5) is 18.6. The Morgan fingerprint density at radius 1 is 1.29 bits per heavy atom. The smallest absolute Gasteiger partial charge is 0.419 e. The molecule has 9 heteroatoms. The number of hydrogen-bond acceptors (Lipinski definition) is 4. The molecule has 1 aromatic heterocycles. The fourth-order valence-corrected chi connectivity index (χ4v) is 3.12. The summed E-state index contributed by atoms with van der Waals surface area (Å²) < 4.78 is 44.9. The number of aromatic nitrogens is 1. The molecule has 0 radical (unpaired) electrons. The lowest BCUT2D eigenvalue weighted by Crippen LogP contribution is -2.52. The quantitative estimate of drug-likeness (QED) is 0.831. The van der Waals surface area contributed by atoms with E-state index in [0.29, 0.717) is 19.6 Å². The van der Waals surface area contributed by atoms with E-state index in [0.717, 1.165) is 11.6 Å². The van der Waals surface area contributed by atoms with Crippen molar-refractivity contribution in [1.82, 2.24) is 15.2 Å². The number of nitrogens with one attached hydrogen (secondary N) is 1. The minimum absolute atomic E-state index is 0. The number of alkyl halides is 3. The Morgan fingerprint density at radius 2 is 2.04 bits per heavy atom. The summed E-state index contributed by atoms with van der Waals surface area (Å²) in [6.45, 7) is 3.06. The topological polar surface area (TPSA) is 54.5 Å². The molecule has 0 saturated carbocycles. The third-order valence-electron chi connectivity index (χ3n) is 4.44. The highest BCUT2D eigenvalue weighted by Crippen LogP contribution is 2.36. The summed E-state index contributed by atoms with van der Waals surface area (Å²) in [7, 11) is 0. The largest absolute Gasteiger partial charge is 0.480 e. The van der Waals surface area contributed by atoms with Gasteiger partial charge in [0.1, 0.15) is 5.75 Å². The maximum absolute atomic E-state index is 13.1. The van der Waals surface area contributed by atoms with Gasteiger partial charge >= 0.3 is 6.18 Å². The molecule has 1 N–H and O–H groups in total. The third kappa shape index (κ3) is 4.94. The van der Waals surface area contributed by atoms with Crippen LogP contribution < -0.4 is 10.1 Å². The Kier molecular flexibility index (Phi) is 7.26. The summed E-state index contributed by atoms with van der Waals surface area (Å²) in [5, 5.41) is 3.22. The van der Waals surface area contributed by atoms with Crippen LogP contribution in [0.15, 0.2) is 48.8 Å². The molecule has 5 nitrogen and oxygen atoms in total. The van der Waals surface area contributed by atoms with Crippen molar-refractivity contribution in [3.8, 4) is 5.75 Å². The van der Waals surface area contributed by atoms with Gasteiger partial charge in [-0.15, -0.1) is 12.4 Å². The van der Waals surface area contributed by atoms with Crippen LogP contribution in [-0.2, 0) is 11.0 Å². The normalized spacial score (nSPS) is 18.1. The van der Waals surface area contributed by atoms with Gasteiger partial charge in [-0.05, 0) is 30.7 Å². The standard InChI is InChI=1S/C19H20F3N3O2.ClH/c1-13(27-17-7-3-2-6-15(17)19(20,21)22)18(26)25-10-9-24-12-16(25)14-5-4-8-23-11-14;/h2-8,11,13,16,24H,9-10,12H2,1H3;1H. The van der Waals surface area contributed by atoms with Gasteiger partial charge in [0.25, 0.3) is 5.91 Å². The average molecular weight is 416 g/mol. The van der Waals surface area contributed by atoms with Crippen LogP contribution >= 0.6 is 12.4 Å². The molecule has 152 valence electrons. The van der Waals surface area contributed by atoms with Crippen LogP contribution in [0.25, 0.3) is 0 Å². The predicted octanol–water partition coefficient (Wildman–Crippen LogP) is 3.46. The zero-order valence-electron chi connectivity index (χ0n) is 15.1. The molecule has 2 unspecified atom stereocenters. The van der Waals surface area contributed by atoms with E-state index >= 15 is 0 Å². The van der Waals surface area contributed by atoms with Crippen LogP contribution in [0.2, 0.25) is 0 Å². The van der Waals surface area contributed by atoms with Crippen molar-refractivity contribution in [1.29, 1.82) is 0 Å². The number of carbonyl (C=O) groups is 1. The molecule has 2 heterocycles. The van der Waals surface area contributed by atoms with E-state index in [-0.39, 0.29) is 30.1 Å². The average Bonchev–Trinajstić information content (AvgIpc) is 2.67. The van der Waals surface area contributed by atoms with Crippen LogP contribution in [-0.4, -0.2) is 41.5 Å². The van der Waals surface area contributed by atoms with E-state index < -0.39 is 17.8 Å². The fraction of sp³-hybridized carbons (Fsp3) is 0.368. The lowest BCUT2D eigenvalue weighted by atomic mass is 10.0. The number of halogens is 4. The molecule has 1 fully saturated rings. The Bertz CT molecular complexity index is 789. The van der Waals surface area contributed by atoms with Crippen molar-refractivity contribution in [3.05, 3.63) is 59.9 Å². The van der Waals surface area contributed by atoms with Gasteiger partial charge in [0.15, 0.2) is 6.10 Å². The predicted molar refractivity (Wildman–Crippen MR) is 100 cm³/mol. The minimum Gasteiger partial charge on any atom is -0.480 e. The zero-order chi connectivity index (χ0) is 19.4. The van der Waals surface area contributed by atoms with Gasteiger partial charge in [0, 0.05) is 32.0 Å². The van der Waals surface area contributed by atoms with Crippen molar-refractivity contribution < 1.29 is 22.7 Å². The number of benzene rings is 1. The van der Waals surface area contributed by atoms with Gasteiger partial charge in [-0.25, -0.2) is 0 Å². The second-order valence-electron chi connectivity index (χ2n) is 6.29. The summed E-state index contributed by atoms with van der Waals surface area (Å²) in [6, 6.07) is 8.31. The number of rotatable bonds is 4. The SMILES string of the molecule is CC(Oc1ccccc1C(F)(F)F)C(=O)N1CCNCC1c1cccnc1.Cl. The van der Waals surface area contributed by atoms with Crippen molar-refractivity contribution in [2.75, 3.05) is 19.6 Å². The second-order valence-corrected chi connectivity index (χ2v) is 6.29. The lowest BCUT2D eigenvalue weighted by Gasteiger charge is -2.37. The van der Waals surface area contributed by atoms with Crippen LogP contribution in [0.3, 0.4) is 0 Å². The molecule has 3 rings (SSSR count). The molecular formula is C19H21ClF3N3O2. The van der Waals surface area contributed by atoms with E-state index in [1.54, 1.807) is 23.4 Å². The molecule has 1 aromatic carbocycles. The first-order chi connectivity index (χ1) is 12.9. The molecular weight excluding hydrogens is 395 g/mol. The molecule has 1 aliphatic heterocycles. The monoisotopic (exact) mass is 415 g/mol. The first kappa shape index (κ1) is 22.0. The zero-order valence-corrected chi connectivity index (χ0v) is 16.0. The Balaban J connectivity index is 0.00000280. The first-order valence-electron chi connectivity index (χ1n) is 8.62. The Morgan fingerprint density at radius 3 is 2.71 bits per heavy atom. The molecule has 0 spiro atoms. The van der Waals surface area contributed by atoms with Crippen molar-refractivity contribution >= 4 is 18.3 Å². The van der Waals surface area contributed by atoms with Gasteiger partial charge in [-0.3, -0.25) is 9.78 Å². The molecule has 28 heavy (non-hydrogen) atoms. The van der Waals surface area contributed by atoms with Crippen LogP contribution in [0.5, 0.6) is 5.75 Å². The summed E-state index contributed by atoms with van der Waals surface area (Å²) in [5.41, 5.74) is -0.0327. The highest BCUT2D eigenvalue weighted by atomic mass is 35.5. The van der Waals surface area contributed by atoms with E-state index in [1.165, 1.54) is 25.1 Å². The first-order valence-corrected chi connectivity index (χ1v) is 8.62. The summed E-state index contributed by atoms with van der Waals surface area (Å²) >= 11 is 0. The molecule has 2 atom stereocenters. The van der Waals surface area contributed by atoms with E-state index in [1.807, 2.05) is 6.07 Å². The second kappa shape index (κ2) is 9.25. The maximum Gasteiger partial charge on any atom is 0.419 e. The van der Waals surface area contributed by atoms with Gasteiger partial charge in [-0.2, -0.15) is 13.2 Å². The highest BCUT2D eigenvalue weighted by Gasteiger charge is 2.36. The molecule has 0 bridgehead atoms. The van der Waals surface area contributed by atoms with Gasteiger partial charge in [0.05, 0.1) is 11.6 Å². The van der Waals surface area contributed by atoms with Crippen LogP contribution in [0, 0.1) is 0 Å². The van der Waals surface area contributed by atoms with E-state index in [2.05, 4.69) is 10.3 Å². The van der Waals surface area contributed by atoms with Crippen LogP contribution in [0.4, 0.5) is 13.2 Å². The lowest BCUT2D eigenvalue weighted by molar-refractivity contribution is -0.145. The Hall–Kier alpha value is -2.32. The van der Waals surface area contributed by atoms with Gasteiger partial charge < -0.3 is 15.0 Å². The number of carbonyl (C=O) groups excluding carboxylic acids is 1. The molecule has 1 aliphatic rings. The number of hydrogen-bond donors (Lipinski definition) is 1. The summed E-state index contributed by atoms with van der Waals surface area (Å²) in [5.74, 6) is -0.707. The van der Waals surface area contributed by atoms with Gasteiger partial charge in [-0.1, -0.05) is 18.2 Å². The number of para-hydroxylation sites is 1. The number of piperazine rings is 1. The number of nitrogens with zero attached hydrogens (tertiary/aromatic N) is 2. The minimum atomic E-state index is -4.55. The van der Waals surface area contributed by atoms with Crippen molar-refractivity contribution in [2.45, 2.75) is 25.2 Å². The third-order valence-corrected chi connectivity index (χ3v) is 4.44. The van der Waals surface area contributed by atoms with E-state index in [9.17, 15) is 18.0 Å². The fourth-order valence-electron chi connectivity index (χ4n) is 3.12. The number of pyridine rings is 1. The van der Waals surface area contributed by atoms with Crippen LogP contribution in [0.1, 0.15) is 24.1 Å². The molecule has 0 aliphatic carbocycles. The summed E-state index contributed by atoms with van der Waals surface area (Å²) in [6.07, 6.45) is -2.27. The highest BCUT2D eigenvalue weighted by molar-refractivity contribution is 5.85. The van der Waals surface area contributed by atoms with Crippen molar-refractivity contribution in [2.24, 2.45) is 0 Å². The number of ether oxygens (including phenoxy) is 1. The van der Waals surface area contributed by atoms with E-state index in [4.69, 9.17) is 4.74 Å². The van der Waals surface area contributed by atoms with Gasteiger partial charge in [0.2, 0.25) is 0 Å². The Labute approximate surface area is 167 Å². The number of amides is 1.